The van der Waals surface area contributed by atoms with Gasteiger partial charge in [0.1, 0.15) is 0 Å². The molecule has 2 aromatic rings. The number of rotatable bonds is 10. The molecular formula is C26H29Cl2NO3. The monoisotopic (exact) mass is 473 g/mol. The van der Waals surface area contributed by atoms with E-state index in [1.54, 1.807) is 0 Å². The minimum atomic E-state index is -0.821. The predicted molar refractivity (Wildman–Crippen MR) is 129 cm³/mol. The molecule has 0 spiro atoms. The van der Waals surface area contributed by atoms with Gasteiger partial charge in [0.15, 0.2) is 0 Å². The summed E-state index contributed by atoms with van der Waals surface area (Å²) in [7, 11) is 0. The van der Waals surface area contributed by atoms with Crippen LogP contribution in [-0.4, -0.2) is 27.9 Å². The van der Waals surface area contributed by atoms with E-state index in [-0.39, 0.29) is 30.3 Å². The molecule has 2 aromatic carbocycles. The van der Waals surface area contributed by atoms with Gasteiger partial charge in [-0.1, -0.05) is 66.5 Å². The SMILES string of the molecule is CCC(=O)N(C1C=CCC1)[C@H](c1ccc(Cl)cc1)[C@H](CCCC(=O)O)c1cccc(Cl)c1. The first-order valence-electron chi connectivity index (χ1n) is 11.1. The van der Waals surface area contributed by atoms with Crippen LogP contribution in [0.3, 0.4) is 0 Å². The normalized spacial score (nSPS) is 17.2. The van der Waals surface area contributed by atoms with Gasteiger partial charge in [-0.2, -0.15) is 0 Å². The number of nitrogens with zero attached hydrogens (tertiary/aromatic N) is 1. The van der Waals surface area contributed by atoms with Crippen LogP contribution in [0, 0.1) is 0 Å². The number of benzene rings is 2. The van der Waals surface area contributed by atoms with Gasteiger partial charge < -0.3 is 10.0 Å². The van der Waals surface area contributed by atoms with Crippen molar-refractivity contribution < 1.29 is 14.7 Å². The first-order valence-corrected chi connectivity index (χ1v) is 11.9. The molecule has 0 heterocycles. The zero-order valence-electron chi connectivity index (χ0n) is 18.2. The van der Waals surface area contributed by atoms with Crippen molar-refractivity contribution in [3.63, 3.8) is 0 Å². The average Bonchev–Trinajstić information content (AvgIpc) is 3.30. The predicted octanol–water partition coefficient (Wildman–Crippen LogP) is 7.03. The summed E-state index contributed by atoms with van der Waals surface area (Å²) >= 11 is 12.5. The molecule has 0 saturated carbocycles. The molecule has 1 unspecified atom stereocenters. The lowest BCUT2D eigenvalue weighted by Crippen LogP contribution is -2.43. The highest BCUT2D eigenvalue weighted by molar-refractivity contribution is 6.30. The lowest BCUT2D eigenvalue weighted by atomic mass is 9.81. The van der Waals surface area contributed by atoms with Gasteiger partial charge in [-0.15, -0.1) is 0 Å². The van der Waals surface area contributed by atoms with Gasteiger partial charge >= 0.3 is 5.97 Å². The van der Waals surface area contributed by atoms with Crippen LogP contribution in [0.4, 0.5) is 0 Å². The summed E-state index contributed by atoms with van der Waals surface area (Å²) in [6.07, 6.45) is 7.65. The molecule has 1 aliphatic rings. The molecule has 170 valence electrons. The highest BCUT2D eigenvalue weighted by atomic mass is 35.5. The number of amides is 1. The van der Waals surface area contributed by atoms with Crippen molar-refractivity contribution in [2.24, 2.45) is 0 Å². The van der Waals surface area contributed by atoms with Gasteiger partial charge in [0.05, 0.1) is 12.1 Å². The summed E-state index contributed by atoms with van der Waals surface area (Å²) in [4.78, 5) is 26.5. The summed E-state index contributed by atoms with van der Waals surface area (Å²) in [6.45, 7) is 1.88. The van der Waals surface area contributed by atoms with E-state index in [1.165, 1.54) is 0 Å². The van der Waals surface area contributed by atoms with E-state index in [2.05, 4.69) is 12.2 Å². The largest absolute Gasteiger partial charge is 0.481 e. The number of carbonyl (C=O) groups excluding carboxylic acids is 1. The van der Waals surface area contributed by atoms with E-state index in [9.17, 15) is 14.7 Å². The molecule has 0 bridgehead atoms. The molecule has 32 heavy (non-hydrogen) atoms. The lowest BCUT2D eigenvalue weighted by Gasteiger charge is -2.41. The van der Waals surface area contributed by atoms with Crippen molar-refractivity contribution in [1.29, 1.82) is 0 Å². The summed E-state index contributed by atoms with van der Waals surface area (Å²) in [5.41, 5.74) is 1.98. The van der Waals surface area contributed by atoms with Gasteiger partial charge in [0.25, 0.3) is 0 Å². The topological polar surface area (TPSA) is 57.6 Å². The van der Waals surface area contributed by atoms with Crippen molar-refractivity contribution in [3.05, 3.63) is 81.9 Å². The van der Waals surface area contributed by atoms with Crippen LogP contribution in [0.25, 0.3) is 0 Å². The summed E-state index contributed by atoms with van der Waals surface area (Å²) in [5.74, 6) is -0.858. The number of halogens is 2. The van der Waals surface area contributed by atoms with Crippen molar-refractivity contribution in [1.82, 2.24) is 4.90 Å². The fourth-order valence-corrected chi connectivity index (χ4v) is 4.87. The highest BCUT2D eigenvalue weighted by Gasteiger charge is 2.36. The van der Waals surface area contributed by atoms with Crippen LogP contribution in [0.15, 0.2) is 60.7 Å². The van der Waals surface area contributed by atoms with Crippen LogP contribution < -0.4 is 0 Å². The van der Waals surface area contributed by atoms with Crippen molar-refractivity contribution in [2.75, 3.05) is 0 Å². The summed E-state index contributed by atoms with van der Waals surface area (Å²) in [5, 5.41) is 10.5. The lowest BCUT2D eigenvalue weighted by molar-refractivity contribution is -0.138. The standard InChI is InChI=1S/C26H29Cl2NO3/c1-2-24(30)29(22-9-3-4-10-22)26(18-13-15-20(27)16-14-18)23(11-6-12-25(31)32)19-7-5-8-21(28)17-19/h3,5,7-9,13-17,22-23,26H,2,4,6,10-12H2,1H3,(H,31,32)/t22?,23-,26-/m1/s1. The molecule has 0 radical (unpaired) electrons. The second kappa shape index (κ2) is 11.5. The third kappa shape index (κ3) is 6.14. The quantitative estimate of drug-likeness (QED) is 0.376. The Morgan fingerprint density at radius 2 is 1.84 bits per heavy atom. The first-order chi connectivity index (χ1) is 15.4. The maximum Gasteiger partial charge on any atom is 0.303 e. The second-order valence-electron chi connectivity index (χ2n) is 8.17. The van der Waals surface area contributed by atoms with Crippen LogP contribution in [0.1, 0.15) is 68.5 Å². The van der Waals surface area contributed by atoms with Crippen LogP contribution in [-0.2, 0) is 9.59 Å². The summed E-state index contributed by atoms with van der Waals surface area (Å²) in [6, 6.07) is 15.0. The Hall–Kier alpha value is -2.30. The Kier molecular flexibility index (Phi) is 8.77. The fraction of sp³-hybridized carbons (Fsp3) is 0.385. The van der Waals surface area contributed by atoms with Crippen LogP contribution in [0.5, 0.6) is 0 Å². The van der Waals surface area contributed by atoms with Crippen molar-refractivity contribution in [2.45, 2.75) is 63.5 Å². The van der Waals surface area contributed by atoms with E-state index in [1.807, 2.05) is 60.4 Å². The number of allylic oxidation sites excluding steroid dienone is 1. The fourth-order valence-electron chi connectivity index (χ4n) is 4.54. The Bertz CT molecular complexity index is 958. The zero-order chi connectivity index (χ0) is 23.1. The number of aliphatic carboxylic acids is 1. The van der Waals surface area contributed by atoms with Gasteiger partial charge in [0, 0.05) is 28.8 Å². The minimum absolute atomic E-state index is 0.00397. The molecule has 0 fully saturated rings. The molecule has 0 aromatic heterocycles. The third-order valence-corrected chi connectivity index (χ3v) is 6.50. The van der Waals surface area contributed by atoms with E-state index >= 15 is 0 Å². The minimum Gasteiger partial charge on any atom is -0.481 e. The molecule has 1 amide bonds. The van der Waals surface area contributed by atoms with Gasteiger partial charge in [-0.05, 0) is 61.1 Å². The number of carbonyl (C=O) groups is 2. The number of carboxylic acids is 1. The van der Waals surface area contributed by atoms with Crippen molar-refractivity contribution in [3.8, 4) is 0 Å². The molecule has 3 atom stereocenters. The maximum atomic E-state index is 13.3. The molecule has 0 saturated heterocycles. The molecule has 1 aliphatic carbocycles. The molecule has 4 nitrogen and oxygen atoms in total. The number of hydrogen-bond acceptors (Lipinski definition) is 2. The Labute approximate surface area is 199 Å². The molecule has 0 aliphatic heterocycles. The Morgan fingerprint density at radius 3 is 2.44 bits per heavy atom. The zero-order valence-corrected chi connectivity index (χ0v) is 19.7. The summed E-state index contributed by atoms with van der Waals surface area (Å²) < 4.78 is 0. The Balaban J connectivity index is 2.12. The smallest absolute Gasteiger partial charge is 0.303 e. The van der Waals surface area contributed by atoms with E-state index < -0.39 is 5.97 Å². The van der Waals surface area contributed by atoms with E-state index in [0.29, 0.717) is 29.3 Å². The molecule has 6 heteroatoms. The second-order valence-corrected chi connectivity index (χ2v) is 9.04. The molecule has 1 N–H and O–H groups in total. The number of hydrogen-bond donors (Lipinski definition) is 1. The van der Waals surface area contributed by atoms with Crippen LogP contribution >= 0.6 is 23.2 Å². The van der Waals surface area contributed by atoms with Crippen molar-refractivity contribution >= 4 is 35.1 Å². The average molecular weight is 474 g/mol. The maximum absolute atomic E-state index is 13.3. The van der Waals surface area contributed by atoms with E-state index in [4.69, 9.17) is 23.2 Å². The van der Waals surface area contributed by atoms with Gasteiger partial charge in [0.2, 0.25) is 5.91 Å². The number of carboxylic acid groups (broad SMARTS) is 1. The van der Waals surface area contributed by atoms with Gasteiger partial charge in [-0.25, -0.2) is 0 Å². The first kappa shape index (κ1) is 24.3. The Morgan fingerprint density at radius 1 is 1.09 bits per heavy atom. The van der Waals surface area contributed by atoms with E-state index in [0.717, 1.165) is 24.0 Å². The van der Waals surface area contributed by atoms with Crippen LogP contribution in [0.2, 0.25) is 10.0 Å². The third-order valence-electron chi connectivity index (χ3n) is 6.01. The molecule has 3 rings (SSSR count). The highest BCUT2D eigenvalue weighted by Crippen LogP contribution is 2.43. The molecular weight excluding hydrogens is 445 g/mol. The van der Waals surface area contributed by atoms with Gasteiger partial charge in [-0.3, -0.25) is 9.59 Å².